The summed E-state index contributed by atoms with van der Waals surface area (Å²) in [6.45, 7) is 1.76. The number of piperidine rings is 1. The Kier molecular flexibility index (Phi) is 6.60. The van der Waals surface area contributed by atoms with Crippen LogP contribution in [0.25, 0.3) is 0 Å². The monoisotopic (exact) mass is 333 g/mol. The zero-order valence-corrected chi connectivity index (χ0v) is 13.4. The van der Waals surface area contributed by atoms with Crippen molar-refractivity contribution in [2.24, 2.45) is 0 Å². The van der Waals surface area contributed by atoms with Gasteiger partial charge in [0.05, 0.1) is 4.90 Å². The summed E-state index contributed by atoms with van der Waals surface area (Å²) in [6, 6.07) is 6.04. The van der Waals surface area contributed by atoms with E-state index in [4.69, 9.17) is 0 Å². The molecule has 1 aliphatic heterocycles. The van der Waals surface area contributed by atoms with Crippen LogP contribution in [0.5, 0.6) is 0 Å². The van der Waals surface area contributed by atoms with Gasteiger partial charge in [0.1, 0.15) is 0 Å². The van der Waals surface area contributed by atoms with E-state index in [-0.39, 0.29) is 29.3 Å². The van der Waals surface area contributed by atoms with Gasteiger partial charge in [-0.2, -0.15) is 0 Å². The molecule has 1 fully saturated rings. The summed E-state index contributed by atoms with van der Waals surface area (Å²) >= 11 is 0. The third-order valence-corrected chi connectivity index (χ3v) is 4.76. The molecule has 2 rings (SSSR count). The zero-order valence-electron chi connectivity index (χ0n) is 11.8. The first-order valence-corrected chi connectivity index (χ1v) is 8.06. The smallest absolute Gasteiger partial charge is 0.251 e. The quantitative estimate of drug-likeness (QED) is 0.748. The molecular formula is C13H20ClN3O3S. The maximum Gasteiger partial charge on any atom is 0.251 e. The summed E-state index contributed by atoms with van der Waals surface area (Å²) in [5.74, 6) is -0.174. The molecule has 1 atom stereocenters. The molecule has 6 nitrogen and oxygen atoms in total. The first-order valence-electron chi connectivity index (χ1n) is 6.58. The molecule has 8 heteroatoms. The maximum absolute atomic E-state index is 12.0. The third kappa shape index (κ3) is 4.67. The Morgan fingerprint density at radius 1 is 1.29 bits per heavy atom. The van der Waals surface area contributed by atoms with Gasteiger partial charge in [-0.3, -0.25) is 4.79 Å². The highest BCUT2D eigenvalue weighted by molar-refractivity contribution is 7.89. The van der Waals surface area contributed by atoms with Crippen molar-refractivity contribution < 1.29 is 13.2 Å². The Balaban J connectivity index is 0.00000220. The number of hydrogen-bond acceptors (Lipinski definition) is 4. The number of nitrogens with one attached hydrogen (secondary N) is 3. The van der Waals surface area contributed by atoms with Gasteiger partial charge in [-0.25, -0.2) is 13.1 Å². The summed E-state index contributed by atoms with van der Waals surface area (Å²) in [6.07, 6.45) is 2.01. The number of sulfonamides is 1. The lowest BCUT2D eigenvalue weighted by Gasteiger charge is -2.23. The van der Waals surface area contributed by atoms with Crippen LogP contribution in [-0.2, 0) is 10.0 Å². The summed E-state index contributed by atoms with van der Waals surface area (Å²) in [4.78, 5) is 12.2. The molecule has 0 radical (unpaired) electrons. The number of halogens is 1. The number of rotatable bonds is 4. The van der Waals surface area contributed by atoms with Crippen LogP contribution < -0.4 is 15.4 Å². The zero-order chi connectivity index (χ0) is 14.6. The van der Waals surface area contributed by atoms with Gasteiger partial charge in [-0.05, 0) is 50.7 Å². The standard InChI is InChI=1S/C13H19N3O3S.ClH/c1-14-20(18,19)12-6-4-10(5-7-12)13(17)16-11-3-2-8-15-9-11;/h4-7,11,14-15H,2-3,8-9H2,1H3,(H,16,17);1H/t11-;/m0./s1. The van der Waals surface area contributed by atoms with Crippen LogP contribution in [0, 0.1) is 0 Å². The van der Waals surface area contributed by atoms with E-state index in [1.165, 1.54) is 31.3 Å². The number of carbonyl (C=O) groups excluding carboxylic acids is 1. The van der Waals surface area contributed by atoms with Crippen molar-refractivity contribution in [3.8, 4) is 0 Å². The number of hydrogen-bond donors (Lipinski definition) is 3. The highest BCUT2D eigenvalue weighted by Crippen LogP contribution is 2.11. The van der Waals surface area contributed by atoms with Crippen LogP contribution in [-0.4, -0.2) is 40.5 Å². The van der Waals surface area contributed by atoms with Gasteiger partial charge >= 0.3 is 0 Å². The Bertz CT molecular complexity index is 569. The average molecular weight is 334 g/mol. The van der Waals surface area contributed by atoms with E-state index in [0.29, 0.717) is 5.56 Å². The van der Waals surface area contributed by atoms with E-state index in [1.807, 2.05) is 0 Å². The topological polar surface area (TPSA) is 87.3 Å². The number of benzene rings is 1. The normalized spacial score (nSPS) is 18.6. The molecule has 1 aliphatic rings. The van der Waals surface area contributed by atoms with E-state index in [2.05, 4.69) is 15.4 Å². The van der Waals surface area contributed by atoms with Gasteiger partial charge < -0.3 is 10.6 Å². The maximum atomic E-state index is 12.0. The lowest BCUT2D eigenvalue weighted by molar-refractivity contribution is 0.0930. The van der Waals surface area contributed by atoms with Crippen LogP contribution in [0.4, 0.5) is 0 Å². The average Bonchev–Trinajstić information content (AvgIpc) is 2.48. The van der Waals surface area contributed by atoms with Gasteiger partial charge in [0, 0.05) is 18.2 Å². The lowest BCUT2D eigenvalue weighted by Crippen LogP contribution is -2.45. The van der Waals surface area contributed by atoms with E-state index < -0.39 is 10.0 Å². The van der Waals surface area contributed by atoms with Gasteiger partial charge in [0.15, 0.2) is 0 Å². The van der Waals surface area contributed by atoms with E-state index in [0.717, 1.165) is 25.9 Å². The fourth-order valence-corrected chi connectivity index (χ4v) is 2.88. The Morgan fingerprint density at radius 3 is 2.48 bits per heavy atom. The Labute approximate surface area is 131 Å². The molecule has 0 aliphatic carbocycles. The largest absolute Gasteiger partial charge is 0.348 e. The van der Waals surface area contributed by atoms with E-state index in [9.17, 15) is 13.2 Å². The molecule has 1 aromatic carbocycles. The summed E-state index contributed by atoms with van der Waals surface area (Å²) in [5, 5.41) is 6.17. The van der Waals surface area contributed by atoms with Gasteiger partial charge in [0.2, 0.25) is 10.0 Å². The molecular weight excluding hydrogens is 314 g/mol. The van der Waals surface area contributed by atoms with Crippen LogP contribution in [0.2, 0.25) is 0 Å². The summed E-state index contributed by atoms with van der Waals surface area (Å²) in [7, 11) is -2.11. The first kappa shape index (κ1) is 17.9. The molecule has 1 heterocycles. The molecule has 21 heavy (non-hydrogen) atoms. The van der Waals surface area contributed by atoms with Crippen molar-refractivity contribution in [1.29, 1.82) is 0 Å². The van der Waals surface area contributed by atoms with Crippen LogP contribution in [0.1, 0.15) is 23.2 Å². The molecule has 0 aromatic heterocycles. The van der Waals surface area contributed by atoms with Crippen LogP contribution >= 0.6 is 12.4 Å². The predicted molar refractivity (Wildman–Crippen MR) is 83.3 cm³/mol. The third-order valence-electron chi connectivity index (χ3n) is 3.33. The Hall–Kier alpha value is -1.15. The highest BCUT2D eigenvalue weighted by Gasteiger charge is 2.17. The highest BCUT2D eigenvalue weighted by atomic mass is 35.5. The molecule has 1 aromatic rings. The molecule has 3 N–H and O–H groups in total. The molecule has 0 spiro atoms. The fraction of sp³-hybridized carbons (Fsp3) is 0.462. The van der Waals surface area contributed by atoms with Crippen molar-refractivity contribution in [3.05, 3.63) is 29.8 Å². The second kappa shape index (κ2) is 7.74. The van der Waals surface area contributed by atoms with E-state index in [1.54, 1.807) is 0 Å². The molecule has 118 valence electrons. The van der Waals surface area contributed by atoms with Crippen molar-refractivity contribution in [3.63, 3.8) is 0 Å². The van der Waals surface area contributed by atoms with E-state index >= 15 is 0 Å². The van der Waals surface area contributed by atoms with Crippen molar-refractivity contribution >= 4 is 28.3 Å². The van der Waals surface area contributed by atoms with Crippen molar-refractivity contribution in [2.75, 3.05) is 20.1 Å². The number of carbonyl (C=O) groups is 1. The fourth-order valence-electron chi connectivity index (χ4n) is 2.15. The van der Waals surface area contributed by atoms with Gasteiger partial charge in [-0.15, -0.1) is 12.4 Å². The molecule has 1 saturated heterocycles. The van der Waals surface area contributed by atoms with Gasteiger partial charge in [-0.1, -0.05) is 0 Å². The summed E-state index contributed by atoms with van der Waals surface area (Å²) < 4.78 is 25.4. The van der Waals surface area contributed by atoms with Crippen molar-refractivity contribution in [1.82, 2.24) is 15.4 Å². The second-order valence-electron chi connectivity index (χ2n) is 4.75. The SMILES string of the molecule is CNS(=O)(=O)c1ccc(C(=O)N[C@H]2CCCNC2)cc1.Cl. The predicted octanol–water partition coefficient (Wildman–Crippen LogP) is 0.498. The molecule has 0 bridgehead atoms. The van der Waals surface area contributed by atoms with Gasteiger partial charge in [0.25, 0.3) is 5.91 Å². The van der Waals surface area contributed by atoms with Crippen molar-refractivity contribution in [2.45, 2.75) is 23.8 Å². The lowest BCUT2D eigenvalue weighted by atomic mass is 10.1. The van der Waals surface area contributed by atoms with Crippen LogP contribution in [0.15, 0.2) is 29.2 Å². The molecule has 0 unspecified atom stereocenters. The Morgan fingerprint density at radius 2 is 1.95 bits per heavy atom. The number of amides is 1. The summed E-state index contributed by atoms with van der Waals surface area (Å²) in [5.41, 5.74) is 0.464. The first-order chi connectivity index (χ1) is 9.53. The second-order valence-corrected chi connectivity index (χ2v) is 6.64. The minimum absolute atomic E-state index is 0. The van der Waals surface area contributed by atoms with Crippen LogP contribution in [0.3, 0.4) is 0 Å². The minimum Gasteiger partial charge on any atom is -0.348 e. The minimum atomic E-state index is -3.46. The molecule has 0 saturated carbocycles. The molecule has 1 amide bonds.